The van der Waals surface area contributed by atoms with Crippen molar-refractivity contribution in [1.82, 2.24) is 20.9 Å². The lowest BCUT2D eigenvalue weighted by molar-refractivity contribution is -0.143. The molecule has 0 radical (unpaired) electrons. The van der Waals surface area contributed by atoms with Crippen molar-refractivity contribution >= 4 is 35.2 Å². The fourth-order valence-electron chi connectivity index (χ4n) is 8.13. The summed E-state index contributed by atoms with van der Waals surface area (Å²) in [7, 11) is 0. The van der Waals surface area contributed by atoms with E-state index in [4.69, 9.17) is 11.5 Å². The number of nitrogens with two attached hydrogens (primary N) is 2. The Hall–Kier alpha value is -4.10. The maximum atomic E-state index is 14.4. The number of amides is 4. The predicted octanol–water partition coefficient (Wildman–Crippen LogP) is 4.94. The zero-order valence-corrected chi connectivity index (χ0v) is 36.7. The molecule has 59 heavy (non-hydrogen) atoms. The van der Waals surface area contributed by atoms with E-state index in [2.05, 4.69) is 22.0 Å². The fourth-order valence-corrected chi connectivity index (χ4v) is 8.13. The molecule has 0 aromatic heterocycles. The molecule has 13 heteroatoms. The quantitative estimate of drug-likeness (QED) is 0.111. The molecule has 330 valence electrons. The Balaban J connectivity index is 2.02. The van der Waals surface area contributed by atoms with Gasteiger partial charge in [0.2, 0.25) is 23.6 Å². The minimum atomic E-state index is -1.20. The molecule has 0 spiro atoms. The van der Waals surface area contributed by atoms with Crippen LogP contribution >= 0.6 is 0 Å². The Morgan fingerprint density at radius 1 is 1.02 bits per heavy atom. The van der Waals surface area contributed by atoms with E-state index in [-0.39, 0.29) is 47.9 Å². The van der Waals surface area contributed by atoms with E-state index in [0.717, 1.165) is 32.1 Å². The van der Waals surface area contributed by atoms with E-state index in [0.29, 0.717) is 82.0 Å². The first-order valence-electron chi connectivity index (χ1n) is 22.2. The first kappa shape index (κ1) is 49.3. The van der Waals surface area contributed by atoms with Crippen LogP contribution in [0.25, 0.3) is 0 Å². The SMILES string of the molecule is CCC(C)[C@H](NC(=O)[C@@H]1Cc2ccc(O)c(c2)CC=CCCCCCC[C@](C)(N)C(=O)N[C@@H](CCCCN)C(=O)N2CCC[C@H]2C(=O)N1)C(=O)C[C@@H](CC(C)C)C(C)=O. The van der Waals surface area contributed by atoms with Crippen LogP contribution in [0.2, 0.25) is 0 Å². The lowest BCUT2D eigenvalue weighted by atomic mass is 9.85. The highest BCUT2D eigenvalue weighted by atomic mass is 16.3. The van der Waals surface area contributed by atoms with Gasteiger partial charge in [-0.05, 0) is 114 Å². The molecule has 8 N–H and O–H groups in total. The zero-order valence-electron chi connectivity index (χ0n) is 36.7. The highest BCUT2D eigenvalue weighted by Crippen LogP contribution is 2.25. The van der Waals surface area contributed by atoms with Gasteiger partial charge < -0.3 is 37.4 Å². The number of ketones is 2. The van der Waals surface area contributed by atoms with Gasteiger partial charge in [0.05, 0.1) is 11.6 Å². The van der Waals surface area contributed by atoms with Crippen molar-refractivity contribution in [3.05, 3.63) is 41.5 Å². The molecule has 2 heterocycles. The molecular formula is C46H74N6O7. The summed E-state index contributed by atoms with van der Waals surface area (Å²) in [5.74, 6) is -2.60. The van der Waals surface area contributed by atoms with Crippen LogP contribution in [0.3, 0.4) is 0 Å². The van der Waals surface area contributed by atoms with Crippen LogP contribution in [0.15, 0.2) is 30.4 Å². The van der Waals surface area contributed by atoms with E-state index in [9.17, 15) is 33.9 Å². The van der Waals surface area contributed by atoms with Crippen molar-refractivity contribution < 1.29 is 33.9 Å². The van der Waals surface area contributed by atoms with Crippen molar-refractivity contribution in [2.75, 3.05) is 13.1 Å². The Kier molecular flexibility index (Phi) is 20.2. The summed E-state index contributed by atoms with van der Waals surface area (Å²) in [6.45, 7) is 11.7. The van der Waals surface area contributed by atoms with Gasteiger partial charge in [-0.3, -0.25) is 28.8 Å². The molecule has 1 saturated heterocycles. The number of phenolic OH excluding ortho intramolecular Hbond substituents is 1. The lowest BCUT2D eigenvalue weighted by Crippen LogP contribution is -2.60. The van der Waals surface area contributed by atoms with Crippen LogP contribution in [0.4, 0.5) is 0 Å². The maximum absolute atomic E-state index is 14.4. The number of Topliss-reactive ketones (excluding diaryl/α,β-unsaturated/α-hetero) is 2. The summed E-state index contributed by atoms with van der Waals surface area (Å²) in [5, 5.41) is 19.6. The molecule has 13 nitrogen and oxygen atoms in total. The van der Waals surface area contributed by atoms with E-state index < -0.39 is 53.3 Å². The molecule has 1 aromatic rings. The van der Waals surface area contributed by atoms with Crippen molar-refractivity contribution in [2.45, 2.75) is 174 Å². The molecule has 1 aromatic carbocycles. The highest BCUT2D eigenvalue weighted by molar-refractivity contribution is 5.97. The number of allylic oxidation sites excluding steroid dienone is 2. The van der Waals surface area contributed by atoms with Gasteiger partial charge in [-0.1, -0.05) is 77.7 Å². The Morgan fingerprint density at radius 2 is 1.75 bits per heavy atom. The number of carbonyl (C=O) groups is 6. The minimum Gasteiger partial charge on any atom is -0.508 e. The smallest absolute Gasteiger partial charge is 0.245 e. The average Bonchev–Trinajstić information content (AvgIpc) is 3.68. The van der Waals surface area contributed by atoms with Gasteiger partial charge in [0.1, 0.15) is 29.7 Å². The monoisotopic (exact) mass is 823 g/mol. The predicted molar refractivity (Wildman–Crippen MR) is 231 cm³/mol. The van der Waals surface area contributed by atoms with Crippen molar-refractivity contribution in [3.8, 4) is 5.75 Å². The van der Waals surface area contributed by atoms with Crippen molar-refractivity contribution in [2.24, 2.45) is 29.2 Å². The Morgan fingerprint density at radius 3 is 2.42 bits per heavy atom. The summed E-state index contributed by atoms with van der Waals surface area (Å²) in [4.78, 5) is 84.6. The van der Waals surface area contributed by atoms with Gasteiger partial charge in [-0.15, -0.1) is 0 Å². The fraction of sp³-hybridized carbons (Fsp3) is 0.696. The van der Waals surface area contributed by atoms with E-state index >= 15 is 0 Å². The third-order valence-electron chi connectivity index (χ3n) is 12.1. The van der Waals surface area contributed by atoms with E-state index in [1.165, 1.54) is 11.8 Å². The Labute approximate surface area is 352 Å². The van der Waals surface area contributed by atoms with Crippen LogP contribution in [0.5, 0.6) is 5.75 Å². The second kappa shape index (κ2) is 24.2. The molecule has 0 saturated carbocycles. The third kappa shape index (κ3) is 15.5. The van der Waals surface area contributed by atoms with Crippen molar-refractivity contribution in [1.29, 1.82) is 0 Å². The molecule has 3 rings (SSSR count). The maximum Gasteiger partial charge on any atom is 0.245 e. The van der Waals surface area contributed by atoms with Crippen LogP contribution in [0.1, 0.15) is 143 Å². The summed E-state index contributed by atoms with van der Waals surface area (Å²) in [6, 6.07) is 1.26. The van der Waals surface area contributed by atoms with Gasteiger partial charge in [-0.25, -0.2) is 0 Å². The van der Waals surface area contributed by atoms with E-state index in [1.54, 1.807) is 19.1 Å². The van der Waals surface area contributed by atoms with Gasteiger partial charge in [-0.2, -0.15) is 0 Å². The second-order valence-corrected chi connectivity index (χ2v) is 17.8. The van der Waals surface area contributed by atoms with Crippen LogP contribution in [-0.2, 0) is 41.6 Å². The number of rotatable bonds is 14. The molecular weight excluding hydrogens is 749 g/mol. The molecule has 1 unspecified atom stereocenters. The molecule has 2 aliphatic rings. The number of benzene rings is 1. The summed E-state index contributed by atoms with van der Waals surface area (Å²) in [5.41, 5.74) is 12.5. The molecule has 0 aliphatic carbocycles. The molecule has 1 fully saturated rings. The number of hydrogen-bond donors (Lipinski definition) is 6. The van der Waals surface area contributed by atoms with Crippen LogP contribution in [-0.4, -0.2) is 88.0 Å². The Bertz CT molecular complexity index is 1610. The summed E-state index contributed by atoms with van der Waals surface area (Å²) < 4.78 is 0. The zero-order chi connectivity index (χ0) is 43.7. The molecule has 4 amide bonds. The summed E-state index contributed by atoms with van der Waals surface area (Å²) >= 11 is 0. The standard InChI is InChI=1S/C46H74N6O7/c1-7-31(4)41(40(55)29-35(32(5)53)26-30(2)3)51-42(56)37-28-33-21-22-39(54)34(27-33)18-13-11-9-8-10-12-15-23-46(6,48)45(59)50-36(19-14-16-24-47)44(58)52-25-17-20-38(52)43(57)49-37/h11,13,21-22,27,30-31,35-38,41,54H,7-10,12,14-20,23-26,28-29,47-48H2,1-6H3,(H,49,57)(H,50,59)(H,51,56)/t31?,35-,36+,37+,38+,41+,46+/m1/s1. The average molecular weight is 823 g/mol. The second-order valence-electron chi connectivity index (χ2n) is 17.8. The van der Waals surface area contributed by atoms with Gasteiger partial charge >= 0.3 is 0 Å². The number of nitrogens with one attached hydrogen (secondary N) is 3. The summed E-state index contributed by atoms with van der Waals surface area (Å²) in [6.07, 6.45) is 13.1. The number of hydrogen-bond acceptors (Lipinski definition) is 9. The molecule has 7 atom stereocenters. The molecule has 2 aliphatic heterocycles. The number of aromatic hydroxyl groups is 1. The molecule has 2 bridgehead atoms. The van der Waals surface area contributed by atoms with Crippen LogP contribution < -0.4 is 27.4 Å². The topological polar surface area (TPSA) is 214 Å². The van der Waals surface area contributed by atoms with Gasteiger partial charge in [0, 0.05) is 25.3 Å². The third-order valence-corrected chi connectivity index (χ3v) is 12.1. The minimum absolute atomic E-state index is 0.000103. The van der Waals surface area contributed by atoms with Crippen molar-refractivity contribution in [3.63, 3.8) is 0 Å². The van der Waals surface area contributed by atoms with E-state index in [1.807, 2.05) is 39.8 Å². The van der Waals surface area contributed by atoms with Crippen LogP contribution in [0, 0.1) is 17.8 Å². The first-order chi connectivity index (χ1) is 28.0. The number of unbranched alkanes of at least 4 members (excludes halogenated alkanes) is 1. The number of phenols is 1. The highest BCUT2D eigenvalue weighted by Gasteiger charge is 2.41. The number of carbonyl (C=O) groups excluding carboxylic acids is 6. The lowest BCUT2D eigenvalue weighted by Gasteiger charge is -2.32. The van der Waals surface area contributed by atoms with Gasteiger partial charge in [0.25, 0.3) is 0 Å². The number of nitrogens with zero attached hydrogens (tertiary/aromatic N) is 1. The number of fused-ring (bicyclic) bond motifs is 3. The largest absolute Gasteiger partial charge is 0.508 e. The van der Waals surface area contributed by atoms with Gasteiger partial charge in [0.15, 0.2) is 5.78 Å². The first-order valence-corrected chi connectivity index (χ1v) is 22.2. The normalized spacial score (nSPS) is 24.4.